The highest BCUT2D eigenvalue weighted by molar-refractivity contribution is 9.10. The van der Waals surface area contributed by atoms with E-state index in [9.17, 15) is 0 Å². The first kappa shape index (κ1) is 26.0. The fraction of sp³-hybridized carbons (Fsp3) is 0.586. The van der Waals surface area contributed by atoms with Crippen molar-refractivity contribution in [3.8, 4) is 11.1 Å². The molecule has 0 spiro atoms. The predicted octanol–water partition coefficient (Wildman–Crippen LogP) is 9.56. The summed E-state index contributed by atoms with van der Waals surface area (Å²) >= 11 is 7.87. The lowest BCUT2D eigenvalue weighted by molar-refractivity contribution is 0.282. The number of halogens is 2. The molecular formula is C29H40Br2O. The van der Waals surface area contributed by atoms with E-state index >= 15 is 0 Å². The molecule has 2 atom stereocenters. The van der Waals surface area contributed by atoms with Gasteiger partial charge in [0, 0.05) is 21.3 Å². The van der Waals surface area contributed by atoms with Crippen LogP contribution in [0.4, 0.5) is 0 Å². The van der Waals surface area contributed by atoms with E-state index in [2.05, 4.69) is 81.2 Å². The number of unbranched alkanes of at least 4 members (excludes halogenated alkanes) is 8. The van der Waals surface area contributed by atoms with E-state index in [0.29, 0.717) is 11.4 Å². The maximum absolute atomic E-state index is 9.04. The monoisotopic (exact) mass is 562 g/mol. The van der Waals surface area contributed by atoms with E-state index in [0.717, 1.165) is 19.3 Å². The molecule has 0 fully saturated rings. The highest BCUT2D eigenvalue weighted by Crippen LogP contribution is 2.55. The molecule has 1 N–H and O–H groups in total. The Morgan fingerprint density at radius 2 is 1.50 bits per heavy atom. The molecule has 0 saturated heterocycles. The molecule has 0 heterocycles. The Kier molecular flexibility index (Phi) is 10.8. The van der Waals surface area contributed by atoms with E-state index < -0.39 is 0 Å². The summed E-state index contributed by atoms with van der Waals surface area (Å²) in [6, 6.07) is 16.0. The summed E-state index contributed by atoms with van der Waals surface area (Å²) in [5.41, 5.74) is 6.01. The van der Waals surface area contributed by atoms with E-state index in [1.807, 2.05) is 0 Å². The van der Waals surface area contributed by atoms with Crippen molar-refractivity contribution in [3.05, 3.63) is 58.1 Å². The highest BCUT2D eigenvalue weighted by Gasteiger charge is 2.43. The molecule has 0 radical (unpaired) electrons. The van der Waals surface area contributed by atoms with Crippen LogP contribution in [0.5, 0.6) is 0 Å². The van der Waals surface area contributed by atoms with Gasteiger partial charge in [0.25, 0.3) is 0 Å². The third-order valence-corrected chi connectivity index (χ3v) is 8.46. The molecule has 0 amide bonds. The van der Waals surface area contributed by atoms with E-state index in [4.69, 9.17) is 5.11 Å². The highest BCUT2D eigenvalue weighted by atomic mass is 79.9. The number of hydrogen-bond acceptors (Lipinski definition) is 1. The van der Waals surface area contributed by atoms with Crippen LogP contribution in [0.3, 0.4) is 0 Å². The van der Waals surface area contributed by atoms with Gasteiger partial charge in [-0.25, -0.2) is 0 Å². The van der Waals surface area contributed by atoms with Crippen molar-refractivity contribution in [2.45, 2.75) is 101 Å². The zero-order chi connectivity index (χ0) is 22.8. The maximum Gasteiger partial charge on any atom is 0.0431 e. The van der Waals surface area contributed by atoms with Crippen molar-refractivity contribution in [2.24, 2.45) is 0 Å². The van der Waals surface area contributed by atoms with Gasteiger partial charge in [-0.3, -0.25) is 0 Å². The topological polar surface area (TPSA) is 20.2 Å². The molecule has 2 aromatic carbocycles. The van der Waals surface area contributed by atoms with Crippen molar-refractivity contribution in [1.82, 2.24) is 0 Å². The minimum atomic E-state index is 0.0970. The molecule has 32 heavy (non-hydrogen) atoms. The number of alkyl halides is 1. The molecule has 1 aliphatic carbocycles. The molecule has 0 saturated carbocycles. The second-order valence-corrected chi connectivity index (χ2v) is 11.8. The first-order valence-corrected chi connectivity index (χ1v) is 14.5. The van der Waals surface area contributed by atoms with Crippen LogP contribution in [-0.4, -0.2) is 16.5 Å². The molecule has 3 heteroatoms. The van der Waals surface area contributed by atoms with Gasteiger partial charge in [0.2, 0.25) is 0 Å². The van der Waals surface area contributed by atoms with Gasteiger partial charge >= 0.3 is 0 Å². The molecule has 1 aliphatic rings. The Labute approximate surface area is 212 Å². The Morgan fingerprint density at radius 3 is 2.31 bits per heavy atom. The van der Waals surface area contributed by atoms with Crippen LogP contribution >= 0.6 is 31.9 Å². The number of hydrogen-bond donors (Lipinski definition) is 1. The van der Waals surface area contributed by atoms with Gasteiger partial charge in [-0.1, -0.05) is 127 Å². The van der Waals surface area contributed by atoms with Crippen molar-refractivity contribution < 1.29 is 5.11 Å². The third-order valence-electron chi connectivity index (χ3n) is 7.18. The average molecular weight is 564 g/mol. The molecule has 0 bridgehead atoms. The fourth-order valence-corrected chi connectivity index (χ4v) is 6.77. The summed E-state index contributed by atoms with van der Waals surface area (Å²) in [7, 11) is 0. The van der Waals surface area contributed by atoms with Crippen molar-refractivity contribution in [3.63, 3.8) is 0 Å². The van der Waals surface area contributed by atoms with Gasteiger partial charge in [0.1, 0.15) is 0 Å². The first-order valence-electron chi connectivity index (χ1n) is 12.8. The Balaban J connectivity index is 1.81. The van der Waals surface area contributed by atoms with E-state index in [1.54, 1.807) is 0 Å². The fourth-order valence-electron chi connectivity index (χ4n) is 5.54. The van der Waals surface area contributed by atoms with Crippen LogP contribution in [-0.2, 0) is 5.41 Å². The van der Waals surface area contributed by atoms with Crippen LogP contribution in [0.15, 0.2) is 46.9 Å². The minimum absolute atomic E-state index is 0.0970. The first-order chi connectivity index (χ1) is 15.6. The molecule has 2 aromatic rings. The summed E-state index contributed by atoms with van der Waals surface area (Å²) < 4.78 is 1.19. The van der Waals surface area contributed by atoms with Crippen molar-refractivity contribution >= 4 is 31.9 Å². The summed E-state index contributed by atoms with van der Waals surface area (Å²) in [6.45, 7) is 2.61. The quantitative estimate of drug-likeness (QED) is 0.169. The van der Waals surface area contributed by atoms with Crippen molar-refractivity contribution in [1.29, 1.82) is 0 Å². The predicted molar refractivity (Wildman–Crippen MR) is 146 cm³/mol. The number of aliphatic hydroxyl groups is 1. The van der Waals surface area contributed by atoms with Crippen LogP contribution in [0.2, 0.25) is 0 Å². The second kappa shape index (κ2) is 13.3. The molecular weight excluding hydrogens is 524 g/mol. The minimum Gasteiger partial charge on any atom is -0.396 e. The lowest BCUT2D eigenvalue weighted by atomic mass is 9.70. The number of rotatable bonds is 15. The summed E-state index contributed by atoms with van der Waals surface area (Å²) in [5.74, 6) is 0. The van der Waals surface area contributed by atoms with Crippen LogP contribution < -0.4 is 0 Å². The van der Waals surface area contributed by atoms with Crippen LogP contribution in [0, 0.1) is 0 Å². The third kappa shape index (κ3) is 6.48. The Morgan fingerprint density at radius 1 is 0.812 bits per heavy atom. The SMILES string of the molecule is CCCCCCCCC1(CC(Br)CCCCCCO)c2ccccc2-c2ccc(Br)cc21. The summed E-state index contributed by atoms with van der Waals surface area (Å²) in [5, 5.41) is 9.04. The second-order valence-electron chi connectivity index (χ2n) is 9.56. The largest absolute Gasteiger partial charge is 0.396 e. The lowest BCUT2D eigenvalue weighted by Gasteiger charge is -2.35. The zero-order valence-corrected chi connectivity index (χ0v) is 22.9. The standard InChI is InChI=1S/C29H40Br2O/c1-2-3-4-5-7-12-19-29(22-24(31)14-9-6-8-13-20-32)27-16-11-10-15-25(27)26-18-17-23(30)21-28(26)29/h10-11,15-18,21,24,32H,2-9,12-14,19-20,22H2,1H3. The molecule has 1 nitrogen and oxygen atoms in total. The van der Waals surface area contributed by atoms with E-state index in [-0.39, 0.29) is 5.41 Å². The van der Waals surface area contributed by atoms with Crippen molar-refractivity contribution in [2.75, 3.05) is 6.61 Å². The van der Waals surface area contributed by atoms with Gasteiger partial charge in [-0.05, 0) is 60.1 Å². The van der Waals surface area contributed by atoms with Crippen LogP contribution in [0.25, 0.3) is 11.1 Å². The van der Waals surface area contributed by atoms with Gasteiger partial charge in [-0.2, -0.15) is 0 Å². The number of benzene rings is 2. The van der Waals surface area contributed by atoms with Crippen LogP contribution in [0.1, 0.15) is 102 Å². The smallest absolute Gasteiger partial charge is 0.0431 e. The molecule has 3 rings (SSSR count). The zero-order valence-electron chi connectivity index (χ0n) is 19.7. The van der Waals surface area contributed by atoms with Gasteiger partial charge in [0.05, 0.1) is 0 Å². The van der Waals surface area contributed by atoms with Gasteiger partial charge < -0.3 is 5.11 Å². The van der Waals surface area contributed by atoms with Gasteiger partial charge in [-0.15, -0.1) is 0 Å². The summed E-state index contributed by atoms with van der Waals surface area (Å²) in [4.78, 5) is 0.509. The number of aliphatic hydroxyl groups excluding tert-OH is 1. The maximum atomic E-state index is 9.04. The van der Waals surface area contributed by atoms with Gasteiger partial charge in [0.15, 0.2) is 0 Å². The lowest BCUT2D eigenvalue weighted by Crippen LogP contribution is -2.29. The molecule has 0 aromatic heterocycles. The molecule has 176 valence electrons. The number of fused-ring (bicyclic) bond motifs is 3. The Bertz CT molecular complexity index is 834. The summed E-state index contributed by atoms with van der Waals surface area (Å²) in [6.07, 6.45) is 16.1. The average Bonchev–Trinajstić information content (AvgIpc) is 3.05. The Hall–Kier alpha value is -0.640. The van der Waals surface area contributed by atoms with E-state index in [1.165, 1.54) is 90.9 Å². The normalized spacial score (nSPS) is 17.9. The molecule has 2 unspecified atom stereocenters. The molecule has 0 aliphatic heterocycles.